The predicted octanol–water partition coefficient (Wildman–Crippen LogP) is 1.87. The summed E-state index contributed by atoms with van der Waals surface area (Å²) < 4.78 is 13.0. The normalized spacial score (nSPS) is 15.7. The zero-order valence-corrected chi connectivity index (χ0v) is 10.8. The van der Waals surface area contributed by atoms with Crippen molar-refractivity contribution in [2.45, 2.75) is 31.7 Å². The Labute approximate surface area is 112 Å². The molecule has 3 N–H and O–H groups in total. The average molecular weight is 266 g/mol. The molecule has 0 spiro atoms. The van der Waals surface area contributed by atoms with Crippen LogP contribution < -0.4 is 5.73 Å². The van der Waals surface area contributed by atoms with Gasteiger partial charge in [-0.05, 0) is 25.0 Å². The quantitative estimate of drug-likeness (QED) is 0.874. The first-order valence-electron chi connectivity index (χ1n) is 6.63. The van der Waals surface area contributed by atoms with E-state index in [0.717, 1.165) is 31.7 Å². The van der Waals surface area contributed by atoms with Gasteiger partial charge in [-0.2, -0.15) is 0 Å². The number of phenols is 1. The van der Waals surface area contributed by atoms with Gasteiger partial charge in [-0.3, -0.25) is 4.79 Å². The minimum absolute atomic E-state index is 0.141. The van der Waals surface area contributed by atoms with Gasteiger partial charge in [0.25, 0.3) is 5.91 Å². The fraction of sp³-hybridized carbons (Fsp3) is 0.500. The number of nitrogens with zero attached hydrogens (tertiary/aromatic N) is 1. The molecule has 1 aromatic carbocycles. The van der Waals surface area contributed by atoms with Crippen LogP contribution >= 0.6 is 0 Å². The zero-order chi connectivity index (χ0) is 13.8. The Morgan fingerprint density at radius 3 is 2.68 bits per heavy atom. The van der Waals surface area contributed by atoms with Gasteiger partial charge in [-0.25, -0.2) is 4.39 Å². The van der Waals surface area contributed by atoms with Crippen LogP contribution in [-0.4, -0.2) is 35.0 Å². The molecular formula is C14H19FN2O2. The number of phenolic OH excluding ortho intramolecular Hbond substituents is 1. The predicted molar refractivity (Wildman–Crippen MR) is 70.4 cm³/mol. The molecule has 1 saturated carbocycles. The van der Waals surface area contributed by atoms with Gasteiger partial charge in [-0.1, -0.05) is 12.8 Å². The van der Waals surface area contributed by atoms with E-state index in [1.54, 1.807) is 4.90 Å². The molecule has 1 fully saturated rings. The summed E-state index contributed by atoms with van der Waals surface area (Å²) in [7, 11) is 0. The monoisotopic (exact) mass is 266 g/mol. The summed E-state index contributed by atoms with van der Waals surface area (Å²) in [6.45, 7) is 0.838. The summed E-state index contributed by atoms with van der Waals surface area (Å²) >= 11 is 0. The summed E-state index contributed by atoms with van der Waals surface area (Å²) in [5, 5.41) is 9.70. The van der Waals surface area contributed by atoms with Crippen LogP contribution in [0.1, 0.15) is 36.0 Å². The van der Waals surface area contributed by atoms with E-state index in [9.17, 15) is 14.3 Å². The lowest BCUT2D eigenvalue weighted by Crippen LogP contribution is -2.42. The van der Waals surface area contributed by atoms with E-state index in [-0.39, 0.29) is 23.3 Å². The second-order valence-electron chi connectivity index (χ2n) is 4.89. The molecule has 1 aromatic rings. The molecule has 4 nitrogen and oxygen atoms in total. The molecule has 0 heterocycles. The maximum absolute atomic E-state index is 13.0. The van der Waals surface area contributed by atoms with Crippen molar-refractivity contribution in [1.29, 1.82) is 0 Å². The highest BCUT2D eigenvalue weighted by molar-refractivity contribution is 5.97. The highest BCUT2D eigenvalue weighted by Gasteiger charge is 2.28. The number of rotatable bonds is 4. The van der Waals surface area contributed by atoms with Crippen LogP contribution in [-0.2, 0) is 0 Å². The molecule has 0 radical (unpaired) electrons. The molecule has 1 aliphatic rings. The number of benzene rings is 1. The van der Waals surface area contributed by atoms with Gasteiger partial charge in [0.2, 0.25) is 0 Å². The summed E-state index contributed by atoms with van der Waals surface area (Å²) in [5.41, 5.74) is 5.70. The largest absolute Gasteiger partial charge is 0.507 e. The Bertz CT molecular complexity index is 459. The first kappa shape index (κ1) is 13.8. The van der Waals surface area contributed by atoms with Crippen molar-refractivity contribution in [3.63, 3.8) is 0 Å². The molecular weight excluding hydrogens is 247 g/mol. The Hall–Kier alpha value is -1.62. The van der Waals surface area contributed by atoms with Crippen molar-refractivity contribution >= 4 is 5.91 Å². The number of amides is 1. The van der Waals surface area contributed by atoms with Crippen LogP contribution in [0.2, 0.25) is 0 Å². The van der Waals surface area contributed by atoms with Gasteiger partial charge < -0.3 is 15.7 Å². The van der Waals surface area contributed by atoms with Crippen LogP contribution in [0.3, 0.4) is 0 Å². The fourth-order valence-corrected chi connectivity index (χ4v) is 2.65. The van der Waals surface area contributed by atoms with Crippen molar-refractivity contribution in [3.8, 4) is 5.75 Å². The highest BCUT2D eigenvalue weighted by atomic mass is 19.1. The molecule has 1 amide bonds. The molecule has 0 bridgehead atoms. The van der Waals surface area contributed by atoms with Gasteiger partial charge in [0, 0.05) is 25.2 Å². The zero-order valence-electron chi connectivity index (χ0n) is 10.8. The standard InChI is InChI=1S/C14H19FN2O2/c15-10-5-6-12(13(18)9-10)14(19)17(8-7-16)11-3-1-2-4-11/h5-6,9,11,18H,1-4,7-8,16H2. The molecule has 2 rings (SSSR count). The van der Waals surface area contributed by atoms with Crippen molar-refractivity contribution in [1.82, 2.24) is 4.90 Å². The van der Waals surface area contributed by atoms with E-state index >= 15 is 0 Å². The fourth-order valence-electron chi connectivity index (χ4n) is 2.65. The van der Waals surface area contributed by atoms with Crippen LogP contribution in [0, 0.1) is 5.82 Å². The number of carbonyl (C=O) groups is 1. The molecule has 5 heteroatoms. The van der Waals surface area contributed by atoms with E-state index in [0.29, 0.717) is 13.1 Å². The minimum atomic E-state index is -0.555. The lowest BCUT2D eigenvalue weighted by atomic mass is 10.1. The Morgan fingerprint density at radius 1 is 1.42 bits per heavy atom. The highest BCUT2D eigenvalue weighted by Crippen LogP contribution is 2.27. The van der Waals surface area contributed by atoms with Gasteiger partial charge in [0.15, 0.2) is 0 Å². The summed E-state index contributed by atoms with van der Waals surface area (Å²) in [6, 6.07) is 3.65. The van der Waals surface area contributed by atoms with Crippen LogP contribution in [0.15, 0.2) is 18.2 Å². The molecule has 0 aliphatic heterocycles. The molecule has 19 heavy (non-hydrogen) atoms. The van der Waals surface area contributed by atoms with Gasteiger partial charge in [0.1, 0.15) is 11.6 Å². The third kappa shape index (κ3) is 3.04. The molecule has 0 saturated heterocycles. The number of hydrogen-bond acceptors (Lipinski definition) is 3. The van der Waals surface area contributed by atoms with Crippen LogP contribution in [0.4, 0.5) is 4.39 Å². The van der Waals surface area contributed by atoms with Gasteiger partial charge in [-0.15, -0.1) is 0 Å². The molecule has 0 unspecified atom stereocenters. The second-order valence-corrected chi connectivity index (χ2v) is 4.89. The molecule has 0 aromatic heterocycles. The maximum atomic E-state index is 13.0. The lowest BCUT2D eigenvalue weighted by molar-refractivity contribution is 0.0685. The first-order chi connectivity index (χ1) is 9.13. The topological polar surface area (TPSA) is 66.6 Å². The van der Waals surface area contributed by atoms with Crippen molar-refractivity contribution in [2.75, 3.05) is 13.1 Å². The third-order valence-electron chi connectivity index (χ3n) is 3.59. The van der Waals surface area contributed by atoms with E-state index in [1.807, 2.05) is 0 Å². The number of carbonyl (C=O) groups excluding carboxylic acids is 1. The van der Waals surface area contributed by atoms with Gasteiger partial charge in [0.05, 0.1) is 5.56 Å². The molecule has 104 valence electrons. The summed E-state index contributed by atoms with van der Waals surface area (Å²) in [4.78, 5) is 14.2. The van der Waals surface area contributed by atoms with Crippen LogP contribution in [0.25, 0.3) is 0 Å². The number of hydrogen-bond donors (Lipinski definition) is 2. The lowest BCUT2D eigenvalue weighted by Gasteiger charge is -2.28. The minimum Gasteiger partial charge on any atom is -0.507 e. The van der Waals surface area contributed by atoms with Crippen LogP contribution in [0.5, 0.6) is 5.75 Å². The second kappa shape index (κ2) is 6.02. The number of nitrogens with two attached hydrogens (primary N) is 1. The number of halogens is 1. The van der Waals surface area contributed by atoms with E-state index in [4.69, 9.17) is 5.73 Å². The van der Waals surface area contributed by atoms with Crippen molar-refractivity contribution in [3.05, 3.63) is 29.6 Å². The van der Waals surface area contributed by atoms with E-state index in [1.165, 1.54) is 12.1 Å². The summed E-state index contributed by atoms with van der Waals surface area (Å²) in [6.07, 6.45) is 4.14. The Morgan fingerprint density at radius 2 is 2.11 bits per heavy atom. The first-order valence-corrected chi connectivity index (χ1v) is 6.63. The number of aromatic hydroxyl groups is 1. The van der Waals surface area contributed by atoms with Crippen molar-refractivity contribution < 1.29 is 14.3 Å². The van der Waals surface area contributed by atoms with E-state index in [2.05, 4.69) is 0 Å². The van der Waals surface area contributed by atoms with Gasteiger partial charge >= 0.3 is 0 Å². The average Bonchev–Trinajstić information content (AvgIpc) is 2.89. The summed E-state index contributed by atoms with van der Waals surface area (Å²) in [5.74, 6) is -1.14. The Kier molecular flexibility index (Phi) is 4.37. The third-order valence-corrected chi connectivity index (χ3v) is 3.59. The molecule has 1 aliphatic carbocycles. The van der Waals surface area contributed by atoms with E-state index < -0.39 is 5.82 Å². The molecule has 0 atom stereocenters. The van der Waals surface area contributed by atoms with Crippen molar-refractivity contribution in [2.24, 2.45) is 5.73 Å². The SMILES string of the molecule is NCCN(C(=O)c1ccc(F)cc1O)C1CCCC1. The smallest absolute Gasteiger partial charge is 0.257 e. The Balaban J connectivity index is 2.22. The maximum Gasteiger partial charge on any atom is 0.257 e.